The summed E-state index contributed by atoms with van der Waals surface area (Å²) in [4.78, 5) is 41.6. The van der Waals surface area contributed by atoms with E-state index < -0.39 is 23.0 Å². The van der Waals surface area contributed by atoms with Gasteiger partial charge in [-0.3, -0.25) is 14.4 Å². The van der Waals surface area contributed by atoms with Crippen molar-refractivity contribution in [2.45, 2.75) is 50.2 Å². The Bertz CT molecular complexity index is 1530. The number of anilines is 2. The second-order valence-corrected chi connectivity index (χ2v) is 10.6. The summed E-state index contributed by atoms with van der Waals surface area (Å²) in [5.41, 5.74) is -0.0676. The molecule has 0 spiro atoms. The molecule has 7 nitrogen and oxygen atoms in total. The molecule has 3 fully saturated rings. The van der Waals surface area contributed by atoms with Crippen LogP contribution in [0.5, 0.6) is 0 Å². The fraction of sp³-hybridized carbons (Fsp3) is 0.333. The van der Waals surface area contributed by atoms with Crippen molar-refractivity contribution in [1.29, 1.82) is 5.26 Å². The lowest BCUT2D eigenvalue weighted by molar-refractivity contribution is -0.130. The molecule has 3 aliphatic heterocycles. The van der Waals surface area contributed by atoms with Crippen LogP contribution in [0.2, 0.25) is 0 Å². The molecular weight excluding hydrogens is 485 g/mol. The first-order chi connectivity index (χ1) is 18.3. The first kappa shape index (κ1) is 24.3. The summed E-state index contributed by atoms with van der Waals surface area (Å²) in [5.74, 6) is -2.35. The number of nitrogens with zero attached hydrogens (tertiary/aromatic N) is 2. The van der Waals surface area contributed by atoms with E-state index in [9.17, 15) is 24.0 Å². The highest BCUT2D eigenvalue weighted by atomic mass is 19.1. The summed E-state index contributed by atoms with van der Waals surface area (Å²) in [5, 5.41) is 13.7. The van der Waals surface area contributed by atoms with Crippen LogP contribution >= 0.6 is 0 Å². The van der Waals surface area contributed by atoms with Gasteiger partial charge in [-0.25, -0.2) is 9.29 Å². The van der Waals surface area contributed by atoms with E-state index in [0.29, 0.717) is 53.4 Å². The number of fused-ring (bicyclic) bond motifs is 6. The van der Waals surface area contributed by atoms with Gasteiger partial charge in [0, 0.05) is 22.9 Å². The van der Waals surface area contributed by atoms with E-state index in [1.165, 1.54) is 29.2 Å². The number of halogens is 1. The number of nitrogens with one attached hydrogen (secondary N) is 1. The Morgan fingerprint density at radius 2 is 1.76 bits per heavy atom. The van der Waals surface area contributed by atoms with Gasteiger partial charge in [-0.05, 0) is 69.0 Å². The van der Waals surface area contributed by atoms with Crippen LogP contribution < -0.4 is 10.2 Å². The van der Waals surface area contributed by atoms with Crippen LogP contribution in [0, 0.1) is 29.0 Å². The third-order valence-corrected chi connectivity index (χ3v) is 8.41. The number of carbonyl (C=O) groups is 3. The molecule has 3 heterocycles. The van der Waals surface area contributed by atoms with Gasteiger partial charge in [-0.15, -0.1) is 0 Å². The molecule has 1 N–H and O–H groups in total. The number of rotatable bonds is 6. The number of carbonyl (C=O) groups excluding carboxylic acids is 3. The molecule has 4 atom stereocenters. The lowest BCUT2D eigenvalue weighted by Gasteiger charge is -2.31. The van der Waals surface area contributed by atoms with Crippen molar-refractivity contribution in [3.8, 4) is 6.07 Å². The van der Waals surface area contributed by atoms with Gasteiger partial charge < -0.3 is 10.1 Å². The molecule has 8 heteroatoms. The maximum Gasteiger partial charge on any atom is 0.240 e. The Kier molecular flexibility index (Phi) is 5.58. The molecule has 3 saturated heterocycles. The third kappa shape index (κ3) is 3.61. The lowest BCUT2D eigenvalue weighted by atomic mass is 9.67. The number of benzene rings is 3. The average Bonchev–Trinajstić information content (AvgIpc) is 3.49. The quantitative estimate of drug-likeness (QED) is 0.465. The maximum atomic E-state index is 13.9. The van der Waals surface area contributed by atoms with E-state index in [4.69, 9.17) is 4.74 Å². The predicted molar refractivity (Wildman–Crippen MR) is 138 cm³/mol. The highest BCUT2D eigenvalue weighted by molar-refractivity contribution is 6.26. The molecule has 6 rings (SSSR count). The van der Waals surface area contributed by atoms with E-state index in [0.717, 1.165) is 0 Å². The van der Waals surface area contributed by atoms with Crippen LogP contribution in [-0.4, -0.2) is 28.9 Å². The van der Waals surface area contributed by atoms with Crippen molar-refractivity contribution in [2.24, 2.45) is 11.8 Å². The van der Waals surface area contributed by atoms with Gasteiger partial charge >= 0.3 is 0 Å². The largest absolute Gasteiger partial charge is 0.367 e. The van der Waals surface area contributed by atoms with Gasteiger partial charge in [0.1, 0.15) is 5.82 Å². The van der Waals surface area contributed by atoms with Crippen molar-refractivity contribution in [2.75, 3.05) is 10.2 Å². The predicted octanol–water partition coefficient (Wildman–Crippen LogP) is 5.09. The van der Waals surface area contributed by atoms with Crippen LogP contribution in [0.15, 0.2) is 60.7 Å². The van der Waals surface area contributed by atoms with Crippen molar-refractivity contribution in [3.63, 3.8) is 0 Å². The van der Waals surface area contributed by atoms with Crippen molar-refractivity contribution < 1.29 is 23.5 Å². The Hall–Kier alpha value is -4.09. The number of nitriles is 1. The first-order valence-electron chi connectivity index (χ1n) is 12.8. The number of hydrogen-bond donors (Lipinski definition) is 1. The summed E-state index contributed by atoms with van der Waals surface area (Å²) >= 11 is 0. The minimum atomic E-state index is -0.806. The monoisotopic (exact) mass is 511 g/mol. The molecule has 3 aliphatic rings. The molecule has 0 saturated carbocycles. The summed E-state index contributed by atoms with van der Waals surface area (Å²) < 4.78 is 19.6. The molecule has 192 valence electrons. The van der Waals surface area contributed by atoms with Gasteiger partial charge in [0.2, 0.25) is 17.7 Å². The molecule has 0 aliphatic carbocycles. The van der Waals surface area contributed by atoms with Gasteiger partial charge in [0.15, 0.2) is 0 Å². The molecule has 3 aromatic rings. The summed E-state index contributed by atoms with van der Waals surface area (Å²) in [6.07, 6.45) is 2.47. The number of imide groups is 1. The van der Waals surface area contributed by atoms with Gasteiger partial charge in [0.25, 0.3) is 0 Å². The molecule has 2 bridgehead atoms. The number of hydrogen-bond acceptors (Lipinski definition) is 5. The van der Waals surface area contributed by atoms with Gasteiger partial charge in [-0.1, -0.05) is 24.3 Å². The zero-order valence-electron chi connectivity index (χ0n) is 20.9. The fourth-order valence-electron chi connectivity index (χ4n) is 6.73. The molecule has 3 amide bonds. The fourth-order valence-corrected chi connectivity index (χ4v) is 6.73. The zero-order chi connectivity index (χ0) is 26.7. The van der Waals surface area contributed by atoms with E-state index in [1.807, 2.05) is 31.2 Å². The molecule has 38 heavy (non-hydrogen) atoms. The first-order valence-corrected chi connectivity index (χ1v) is 12.8. The third-order valence-electron chi connectivity index (χ3n) is 8.41. The molecular formula is C30H26FN3O4. The Morgan fingerprint density at radius 3 is 2.50 bits per heavy atom. The number of ether oxygens (including phenoxy) is 1. The summed E-state index contributed by atoms with van der Waals surface area (Å²) in [6, 6.07) is 18.4. The highest BCUT2D eigenvalue weighted by Gasteiger charge is 2.73. The molecule has 0 radical (unpaired) electrons. The standard InChI is InChI=1S/C30H26FN3O4/c1-29-15-16-30(38-29,14-4-7-24(35)33-20-11-9-19(31)10-12-20)26-25(29)27(36)34(28(26)37)23-13-8-18(17-32)21-5-2-3-6-22(21)23/h2-3,5-6,8-13,25-26H,4,7,14-16H2,1H3,(H,33,35)/t25-,26+,29-,30?/m1/s1. The summed E-state index contributed by atoms with van der Waals surface area (Å²) in [7, 11) is 0. The van der Waals surface area contributed by atoms with E-state index in [1.54, 1.807) is 12.1 Å². The van der Waals surface area contributed by atoms with Crippen molar-refractivity contribution in [1.82, 2.24) is 0 Å². The van der Waals surface area contributed by atoms with E-state index >= 15 is 0 Å². The van der Waals surface area contributed by atoms with Crippen LogP contribution in [0.3, 0.4) is 0 Å². The zero-order valence-corrected chi connectivity index (χ0v) is 20.9. The van der Waals surface area contributed by atoms with Crippen LogP contribution in [0.1, 0.15) is 44.6 Å². The molecule has 3 aromatic carbocycles. The minimum absolute atomic E-state index is 0.206. The van der Waals surface area contributed by atoms with Crippen LogP contribution in [-0.2, 0) is 19.1 Å². The smallest absolute Gasteiger partial charge is 0.240 e. The Balaban J connectivity index is 1.24. The SMILES string of the molecule is C[C@]12CCC(CCCC(=O)Nc3ccc(F)cc3)(O1)[C@@H]1C(=O)N(c3ccc(C#N)c4ccccc34)C(=O)[C@@H]12. The topological polar surface area (TPSA) is 99.5 Å². The Morgan fingerprint density at radius 1 is 1.05 bits per heavy atom. The van der Waals surface area contributed by atoms with Crippen molar-refractivity contribution >= 4 is 39.9 Å². The Labute approximate surface area is 219 Å². The normalized spacial score (nSPS) is 27.6. The molecule has 0 aromatic heterocycles. The minimum Gasteiger partial charge on any atom is -0.367 e. The second-order valence-electron chi connectivity index (χ2n) is 10.6. The van der Waals surface area contributed by atoms with E-state index in [-0.39, 0.29) is 30.0 Å². The van der Waals surface area contributed by atoms with Crippen molar-refractivity contribution in [3.05, 3.63) is 72.0 Å². The average molecular weight is 512 g/mol. The second kappa shape index (κ2) is 8.74. The summed E-state index contributed by atoms with van der Waals surface area (Å²) in [6.45, 7) is 1.91. The number of amides is 3. The van der Waals surface area contributed by atoms with Crippen LogP contribution in [0.4, 0.5) is 15.8 Å². The molecule has 1 unspecified atom stereocenters. The lowest BCUT2D eigenvalue weighted by Crippen LogP contribution is -2.42. The van der Waals surface area contributed by atoms with Gasteiger partial charge in [0.05, 0.1) is 40.4 Å². The van der Waals surface area contributed by atoms with E-state index in [2.05, 4.69) is 11.4 Å². The maximum absolute atomic E-state index is 13.9. The highest BCUT2D eigenvalue weighted by Crippen LogP contribution is 2.62. The van der Waals surface area contributed by atoms with Crippen LogP contribution in [0.25, 0.3) is 10.8 Å². The van der Waals surface area contributed by atoms with Gasteiger partial charge in [-0.2, -0.15) is 5.26 Å².